The molecule has 19 heavy (non-hydrogen) atoms. The minimum Gasteiger partial charge on any atom is -0.482 e. The fourth-order valence-corrected chi connectivity index (χ4v) is 2.10. The monoisotopic (exact) mass is 261 g/mol. The molecule has 0 unspecified atom stereocenters. The van der Waals surface area contributed by atoms with Crippen molar-refractivity contribution in [2.45, 2.75) is 19.8 Å². The molecule has 0 saturated heterocycles. The SMILES string of the molecule is CCCc1nc(C(=O)N(C)C)c2cccc(OC)n12. The van der Waals surface area contributed by atoms with Gasteiger partial charge in [-0.25, -0.2) is 4.98 Å². The first kappa shape index (κ1) is 13.4. The van der Waals surface area contributed by atoms with Crippen LogP contribution >= 0.6 is 0 Å². The Morgan fingerprint density at radius 1 is 1.42 bits per heavy atom. The van der Waals surface area contributed by atoms with E-state index in [0.29, 0.717) is 11.6 Å². The summed E-state index contributed by atoms with van der Waals surface area (Å²) in [6, 6.07) is 5.64. The molecule has 2 aromatic heterocycles. The molecular weight excluding hydrogens is 242 g/mol. The lowest BCUT2D eigenvalue weighted by molar-refractivity contribution is 0.0824. The van der Waals surface area contributed by atoms with Crippen molar-refractivity contribution in [3.05, 3.63) is 29.7 Å². The van der Waals surface area contributed by atoms with Crippen molar-refractivity contribution in [1.29, 1.82) is 0 Å². The maximum atomic E-state index is 12.2. The van der Waals surface area contributed by atoms with Gasteiger partial charge in [0.05, 0.1) is 12.6 Å². The zero-order chi connectivity index (χ0) is 14.0. The van der Waals surface area contributed by atoms with Crippen LogP contribution in [0.4, 0.5) is 0 Å². The van der Waals surface area contributed by atoms with E-state index < -0.39 is 0 Å². The van der Waals surface area contributed by atoms with E-state index in [0.717, 1.165) is 24.2 Å². The molecule has 2 aromatic rings. The summed E-state index contributed by atoms with van der Waals surface area (Å²) in [5.74, 6) is 1.47. The topological polar surface area (TPSA) is 46.8 Å². The third kappa shape index (κ3) is 2.28. The molecular formula is C14H19N3O2. The van der Waals surface area contributed by atoms with Gasteiger partial charge in [0.25, 0.3) is 5.91 Å². The van der Waals surface area contributed by atoms with Crippen LogP contribution < -0.4 is 4.74 Å². The van der Waals surface area contributed by atoms with Crippen LogP contribution in [0.5, 0.6) is 5.88 Å². The predicted octanol–water partition coefficient (Wildman–Crippen LogP) is 2.00. The summed E-state index contributed by atoms with van der Waals surface area (Å²) in [5.41, 5.74) is 1.27. The molecule has 0 aliphatic carbocycles. The zero-order valence-electron chi connectivity index (χ0n) is 11.8. The first-order valence-corrected chi connectivity index (χ1v) is 6.36. The highest BCUT2D eigenvalue weighted by Gasteiger charge is 2.20. The van der Waals surface area contributed by atoms with E-state index in [9.17, 15) is 4.79 Å². The second-order valence-corrected chi connectivity index (χ2v) is 4.62. The molecule has 0 fully saturated rings. The van der Waals surface area contributed by atoms with Crippen molar-refractivity contribution < 1.29 is 9.53 Å². The Morgan fingerprint density at radius 3 is 2.74 bits per heavy atom. The fourth-order valence-electron chi connectivity index (χ4n) is 2.10. The van der Waals surface area contributed by atoms with Crippen molar-refractivity contribution in [3.8, 4) is 5.88 Å². The molecule has 0 N–H and O–H groups in total. The van der Waals surface area contributed by atoms with Crippen molar-refractivity contribution in [3.63, 3.8) is 0 Å². The second kappa shape index (κ2) is 5.30. The van der Waals surface area contributed by atoms with Crippen molar-refractivity contribution in [2.24, 2.45) is 0 Å². The Balaban J connectivity index is 2.70. The lowest BCUT2D eigenvalue weighted by atomic mass is 10.3. The molecule has 2 rings (SSSR count). The maximum absolute atomic E-state index is 12.2. The van der Waals surface area contributed by atoms with E-state index in [-0.39, 0.29) is 5.91 Å². The number of methoxy groups -OCH3 is 1. The van der Waals surface area contributed by atoms with Gasteiger partial charge >= 0.3 is 0 Å². The number of imidazole rings is 1. The molecule has 0 bridgehead atoms. The summed E-state index contributed by atoms with van der Waals surface area (Å²) in [5, 5.41) is 0. The summed E-state index contributed by atoms with van der Waals surface area (Å²) in [7, 11) is 5.08. The number of aromatic nitrogens is 2. The minimum atomic E-state index is -0.0897. The average molecular weight is 261 g/mol. The van der Waals surface area contributed by atoms with Crippen LogP contribution in [-0.4, -0.2) is 41.4 Å². The number of aryl methyl sites for hydroxylation is 1. The largest absolute Gasteiger partial charge is 0.482 e. The number of hydrogen-bond acceptors (Lipinski definition) is 3. The minimum absolute atomic E-state index is 0.0897. The van der Waals surface area contributed by atoms with Crippen LogP contribution in [0, 0.1) is 0 Å². The number of fused-ring (bicyclic) bond motifs is 1. The van der Waals surface area contributed by atoms with Crippen LogP contribution in [0.25, 0.3) is 5.52 Å². The number of pyridine rings is 1. The Labute approximate surface area is 112 Å². The van der Waals surface area contributed by atoms with E-state index >= 15 is 0 Å². The number of amides is 1. The van der Waals surface area contributed by atoms with Crippen molar-refractivity contribution in [2.75, 3.05) is 21.2 Å². The van der Waals surface area contributed by atoms with Gasteiger partial charge in [-0.05, 0) is 18.6 Å². The van der Waals surface area contributed by atoms with Crippen LogP contribution in [0.3, 0.4) is 0 Å². The molecule has 0 atom stereocenters. The van der Waals surface area contributed by atoms with Gasteiger partial charge in [0, 0.05) is 20.5 Å². The molecule has 1 amide bonds. The van der Waals surface area contributed by atoms with E-state index in [1.54, 1.807) is 21.2 Å². The highest BCUT2D eigenvalue weighted by atomic mass is 16.5. The highest BCUT2D eigenvalue weighted by Crippen LogP contribution is 2.22. The molecule has 102 valence electrons. The molecule has 0 aliphatic rings. The number of hydrogen-bond donors (Lipinski definition) is 0. The van der Waals surface area contributed by atoms with E-state index in [4.69, 9.17) is 4.74 Å². The molecule has 0 aromatic carbocycles. The van der Waals surface area contributed by atoms with Gasteiger partial charge in [-0.3, -0.25) is 9.20 Å². The van der Waals surface area contributed by atoms with E-state index in [2.05, 4.69) is 11.9 Å². The Bertz CT molecular complexity index is 602. The first-order valence-electron chi connectivity index (χ1n) is 6.36. The van der Waals surface area contributed by atoms with Gasteiger partial charge in [-0.15, -0.1) is 0 Å². The van der Waals surface area contributed by atoms with Crippen LogP contribution in [-0.2, 0) is 6.42 Å². The summed E-state index contributed by atoms with van der Waals surface area (Å²) in [4.78, 5) is 18.2. The molecule has 5 heteroatoms. The van der Waals surface area contributed by atoms with E-state index in [1.165, 1.54) is 4.90 Å². The van der Waals surface area contributed by atoms with Crippen LogP contribution in [0.1, 0.15) is 29.7 Å². The smallest absolute Gasteiger partial charge is 0.274 e. The normalized spacial score (nSPS) is 10.7. The fraction of sp³-hybridized carbons (Fsp3) is 0.429. The standard InChI is InChI=1S/C14H19N3O2/c1-5-7-11-15-13(14(18)16(2)3)10-8-6-9-12(19-4)17(10)11/h6,8-9H,5,7H2,1-4H3. The second-order valence-electron chi connectivity index (χ2n) is 4.62. The van der Waals surface area contributed by atoms with Crippen molar-refractivity contribution in [1.82, 2.24) is 14.3 Å². The number of carbonyl (C=O) groups excluding carboxylic acids is 1. The lowest BCUT2D eigenvalue weighted by Gasteiger charge is -2.08. The molecule has 5 nitrogen and oxygen atoms in total. The summed E-state index contributed by atoms with van der Waals surface area (Å²) >= 11 is 0. The van der Waals surface area contributed by atoms with Crippen molar-refractivity contribution >= 4 is 11.4 Å². The highest BCUT2D eigenvalue weighted by molar-refractivity contribution is 5.99. The van der Waals surface area contributed by atoms with Gasteiger partial charge in [-0.1, -0.05) is 13.0 Å². The van der Waals surface area contributed by atoms with Crippen LogP contribution in [0.15, 0.2) is 18.2 Å². The average Bonchev–Trinajstić information content (AvgIpc) is 2.77. The molecule has 2 heterocycles. The summed E-state index contributed by atoms with van der Waals surface area (Å²) < 4.78 is 7.28. The maximum Gasteiger partial charge on any atom is 0.274 e. The molecule has 0 spiro atoms. The first-order chi connectivity index (χ1) is 9.10. The molecule has 0 saturated carbocycles. The number of rotatable bonds is 4. The predicted molar refractivity (Wildman–Crippen MR) is 73.8 cm³/mol. The quantitative estimate of drug-likeness (QED) is 0.845. The van der Waals surface area contributed by atoms with E-state index in [1.807, 2.05) is 22.6 Å². The third-order valence-corrected chi connectivity index (χ3v) is 2.99. The Kier molecular flexibility index (Phi) is 3.74. The van der Waals surface area contributed by atoms with Gasteiger partial charge in [0.2, 0.25) is 0 Å². The molecule has 0 aliphatic heterocycles. The Hall–Kier alpha value is -2.04. The van der Waals surface area contributed by atoms with Gasteiger partial charge in [0.15, 0.2) is 11.6 Å². The summed E-state index contributed by atoms with van der Waals surface area (Å²) in [6.07, 6.45) is 1.77. The number of carbonyl (C=O) groups is 1. The number of ether oxygens (including phenoxy) is 1. The lowest BCUT2D eigenvalue weighted by Crippen LogP contribution is -2.22. The number of nitrogens with zero attached hydrogens (tertiary/aromatic N) is 3. The van der Waals surface area contributed by atoms with Crippen LogP contribution in [0.2, 0.25) is 0 Å². The zero-order valence-corrected chi connectivity index (χ0v) is 11.8. The summed E-state index contributed by atoms with van der Waals surface area (Å²) in [6.45, 7) is 2.09. The van der Waals surface area contributed by atoms with Gasteiger partial charge in [-0.2, -0.15) is 0 Å². The third-order valence-electron chi connectivity index (χ3n) is 2.99. The van der Waals surface area contributed by atoms with Gasteiger partial charge in [0.1, 0.15) is 5.82 Å². The molecule has 0 radical (unpaired) electrons. The van der Waals surface area contributed by atoms with Gasteiger partial charge < -0.3 is 9.64 Å². The Morgan fingerprint density at radius 2 is 2.16 bits per heavy atom.